The zero-order chi connectivity index (χ0) is 16.6. The first-order chi connectivity index (χ1) is 10.9. The van der Waals surface area contributed by atoms with E-state index in [2.05, 4.69) is 9.97 Å². The van der Waals surface area contributed by atoms with E-state index in [1.54, 1.807) is 11.0 Å². The molecule has 0 unspecified atom stereocenters. The number of rotatable bonds is 2. The summed E-state index contributed by atoms with van der Waals surface area (Å²) in [6.45, 7) is 4.42. The number of nitrogens with zero attached hydrogens (tertiary/aromatic N) is 3. The Balaban J connectivity index is 1.98. The van der Waals surface area contributed by atoms with Crippen molar-refractivity contribution in [3.8, 4) is 0 Å². The van der Waals surface area contributed by atoms with Gasteiger partial charge in [-0.3, -0.25) is 4.79 Å². The number of likely N-dealkylation sites (tertiary alicyclic amines) is 1. The molecule has 1 fully saturated rings. The molecular weight excluding hydrogens is 295 g/mol. The molecule has 23 heavy (non-hydrogen) atoms. The van der Waals surface area contributed by atoms with Crippen LogP contribution >= 0.6 is 0 Å². The summed E-state index contributed by atoms with van der Waals surface area (Å²) in [6.07, 6.45) is 1.63. The molecule has 1 saturated heterocycles. The molecule has 1 atom stereocenters. The van der Waals surface area contributed by atoms with E-state index in [-0.39, 0.29) is 11.7 Å². The van der Waals surface area contributed by atoms with Crippen LogP contribution in [-0.4, -0.2) is 27.3 Å². The normalized spacial score (nSPS) is 20.7. The van der Waals surface area contributed by atoms with Crippen LogP contribution in [0.25, 0.3) is 0 Å². The van der Waals surface area contributed by atoms with Crippen LogP contribution in [0.5, 0.6) is 0 Å². The minimum atomic E-state index is -0.606. The van der Waals surface area contributed by atoms with Crippen LogP contribution in [-0.2, 0) is 5.54 Å². The van der Waals surface area contributed by atoms with Crippen LogP contribution in [0.2, 0.25) is 0 Å². The summed E-state index contributed by atoms with van der Waals surface area (Å²) in [5.74, 6) is 0.451. The third-order valence-corrected chi connectivity index (χ3v) is 4.33. The highest BCUT2D eigenvalue weighted by molar-refractivity contribution is 5.95. The van der Waals surface area contributed by atoms with Crippen molar-refractivity contribution in [3.05, 3.63) is 53.2 Å². The van der Waals surface area contributed by atoms with E-state index in [4.69, 9.17) is 5.73 Å². The minimum absolute atomic E-state index is 0.145. The van der Waals surface area contributed by atoms with Gasteiger partial charge in [-0.05, 0) is 51.0 Å². The number of anilines is 1. The van der Waals surface area contributed by atoms with Gasteiger partial charge in [0.05, 0.1) is 0 Å². The van der Waals surface area contributed by atoms with Gasteiger partial charge in [-0.15, -0.1) is 0 Å². The van der Waals surface area contributed by atoms with Crippen molar-refractivity contribution in [1.29, 1.82) is 0 Å². The molecule has 1 aliphatic heterocycles. The predicted octanol–water partition coefficient (Wildman–Crippen LogP) is 2.66. The lowest BCUT2D eigenvalue weighted by Crippen LogP contribution is -2.44. The van der Waals surface area contributed by atoms with Gasteiger partial charge in [-0.1, -0.05) is 0 Å². The number of amides is 1. The van der Waals surface area contributed by atoms with E-state index < -0.39 is 5.54 Å². The van der Waals surface area contributed by atoms with Gasteiger partial charge in [-0.2, -0.15) is 0 Å². The number of nitrogens with two attached hydrogens (primary N) is 1. The second kappa shape index (κ2) is 5.61. The molecule has 3 rings (SSSR count). The maximum Gasteiger partial charge on any atom is 0.254 e. The zero-order valence-corrected chi connectivity index (χ0v) is 13.2. The summed E-state index contributed by atoms with van der Waals surface area (Å²) in [5.41, 5.74) is 6.46. The predicted molar refractivity (Wildman–Crippen MR) is 85.2 cm³/mol. The highest BCUT2D eigenvalue weighted by Crippen LogP contribution is 2.38. The molecule has 0 saturated carbocycles. The van der Waals surface area contributed by atoms with Gasteiger partial charge in [0.15, 0.2) is 5.82 Å². The fourth-order valence-electron chi connectivity index (χ4n) is 3.10. The number of carbonyl (C=O) groups excluding carboxylic acids is 1. The Hall–Kier alpha value is -2.50. The van der Waals surface area contributed by atoms with Crippen LogP contribution in [0.1, 0.15) is 41.6 Å². The Morgan fingerprint density at radius 3 is 2.65 bits per heavy atom. The van der Waals surface area contributed by atoms with E-state index in [1.807, 2.05) is 13.8 Å². The summed E-state index contributed by atoms with van der Waals surface area (Å²) in [6, 6.07) is 7.29. The topological polar surface area (TPSA) is 72.1 Å². The van der Waals surface area contributed by atoms with Gasteiger partial charge >= 0.3 is 0 Å². The third-order valence-electron chi connectivity index (χ3n) is 4.33. The lowest BCUT2D eigenvalue weighted by molar-refractivity contribution is 0.0604. The van der Waals surface area contributed by atoms with Crippen molar-refractivity contribution >= 4 is 11.7 Å². The molecule has 1 aromatic carbocycles. The largest absolute Gasteiger partial charge is 0.384 e. The molecule has 5 nitrogen and oxygen atoms in total. The smallest absolute Gasteiger partial charge is 0.254 e. The first-order valence-electron chi connectivity index (χ1n) is 7.59. The van der Waals surface area contributed by atoms with Crippen LogP contribution < -0.4 is 5.73 Å². The SMILES string of the molecule is Cc1cc(N)nc([C@]2(C)CCCN2C(=O)c2ccc(F)cc2)n1. The Kier molecular flexibility index (Phi) is 3.75. The van der Waals surface area contributed by atoms with Crippen LogP contribution in [0.15, 0.2) is 30.3 Å². The summed E-state index contributed by atoms with van der Waals surface area (Å²) in [4.78, 5) is 23.4. The number of nitrogen functional groups attached to an aromatic ring is 1. The highest BCUT2D eigenvalue weighted by atomic mass is 19.1. The quantitative estimate of drug-likeness (QED) is 0.925. The Morgan fingerprint density at radius 2 is 2.00 bits per heavy atom. The van der Waals surface area contributed by atoms with E-state index in [9.17, 15) is 9.18 Å². The van der Waals surface area contributed by atoms with Crippen molar-refractivity contribution in [1.82, 2.24) is 14.9 Å². The van der Waals surface area contributed by atoms with Gasteiger partial charge in [0.25, 0.3) is 5.91 Å². The number of hydrogen-bond donors (Lipinski definition) is 1. The van der Waals surface area contributed by atoms with Crippen molar-refractivity contribution in [2.45, 2.75) is 32.2 Å². The highest BCUT2D eigenvalue weighted by Gasteiger charge is 2.43. The van der Waals surface area contributed by atoms with E-state index in [1.165, 1.54) is 24.3 Å². The number of carbonyl (C=O) groups is 1. The molecule has 2 N–H and O–H groups in total. The summed E-state index contributed by atoms with van der Waals surface area (Å²) < 4.78 is 13.1. The van der Waals surface area contributed by atoms with Crippen LogP contribution in [0, 0.1) is 12.7 Å². The number of hydrogen-bond acceptors (Lipinski definition) is 4. The second-order valence-corrected chi connectivity index (χ2v) is 6.10. The van der Waals surface area contributed by atoms with Gasteiger partial charge in [0, 0.05) is 23.9 Å². The maximum atomic E-state index is 13.1. The standard InChI is InChI=1S/C17H19FN4O/c1-11-10-14(19)21-16(20-11)17(2)8-3-9-22(17)15(23)12-4-6-13(18)7-5-12/h4-7,10H,3,8-9H2,1-2H3,(H2,19,20,21)/t17-/m0/s1. The average molecular weight is 314 g/mol. The average Bonchev–Trinajstić information content (AvgIpc) is 2.89. The summed E-state index contributed by atoms with van der Waals surface area (Å²) in [5, 5.41) is 0. The molecule has 6 heteroatoms. The summed E-state index contributed by atoms with van der Waals surface area (Å²) >= 11 is 0. The first kappa shape index (κ1) is 15.4. The van der Waals surface area contributed by atoms with Gasteiger partial charge in [0.2, 0.25) is 0 Å². The molecule has 120 valence electrons. The maximum absolute atomic E-state index is 13.1. The number of benzene rings is 1. The number of aryl methyl sites for hydroxylation is 1. The minimum Gasteiger partial charge on any atom is -0.384 e. The molecule has 0 aliphatic carbocycles. The third kappa shape index (κ3) is 2.76. The van der Waals surface area contributed by atoms with Crippen molar-refractivity contribution in [3.63, 3.8) is 0 Å². The van der Waals surface area contributed by atoms with Gasteiger partial charge < -0.3 is 10.6 Å². The molecule has 2 heterocycles. The van der Waals surface area contributed by atoms with E-state index in [0.29, 0.717) is 23.8 Å². The molecule has 0 bridgehead atoms. The van der Waals surface area contributed by atoms with Crippen molar-refractivity contribution in [2.75, 3.05) is 12.3 Å². The fraction of sp³-hybridized carbons (Fsp3) is 0.353. The summed E-state index contributed by atoms with van der Waals surface area (Å²) in [7, 11) is 0. The Morgan fingerprint density at radius 1 is 1.30 bits per heavy atom. The number of aromatic nitrogens is 2. The van der Waals surface area contributed by atoms with Crippen LogP contribution in [0.3, 0.4) is 0 Å². The molecular formula is C17H19FN4O. The monoisotopic (exact) mass is 314 g/mol. The Bertz CT molecular complexity index is 727. The molecule has 1 aliphatic rings. The van der Waals surface area contributed by atoms with Gasteiger partial charge in [-0.25, -0.2) is 14.4 Å². The Labute approximate surface area is 134 Å². The van der Waals surface area contributed by atoms with Gasteiger partial charge in [0.1, 0.15) is 17.2 Å². The van der Waals surface area contributed by atoms with Crippen molar-refractivity contribution < 1.29 is 9.18 Å². The zero-order valence-electron chi connectivity index (χ0n) is 13.2. The van der Waals surface area contributed by atoms with E-state index in [0.717, 1.165) is 18.5 Å². The fourth-order valence-corrected chi connectivity index (χ4v) is 3.10. The second-order valence-electron chi connectivity index (χ2n) is 6.10. The molecule has 0 radical (unpaired) electrons. The molecule has 0 spiro atoms. The van der Waals surface area contributed by atoms with E-state index >= 15 is 0 Å². The van der Waals surface area contributed by atoms with Crippen molar-refractivity contribution in [2.24, 2.45) is 0 Å². The van der Waals surface area contributed by atoms with Crippen LogP contribution in [0.4, 0.5) is 10.2 Å². The molecule has 2 aromatic rings. The molecule has 1 aromatic heterocycles. The lowest BCUT2D eigenvalue weighted by Gasteiger charge is -2.34. The first-order valence-corrected chi connectivity index (χ1v) is 7.59. The molecule has 1 amide bonds. The number of halogens is 1. The lowest BCUT2D eigenvalue weighted by atomic mass is 9.96.